The zero-order valence-corrected chi connectivity index (χ0v) is 10.6. The van der Waals surface area contributed by atoms with E-state index in [0.717, 1.165) is 31.8 Å². The van der Waals surface area contributed by atoms with Gasteiger partial charge >= 0.3 is 0 Å². The second-order valence-electron chi connectivity index (χ2n) is 4.43. The summed E-state index contributed by atoms with van der Waals surface area (Å²) in [6.07, 6.45) is 8.10. The molecule has 0 saturated carbocycles. The highest BCUT2D eigenvalue weighted by molar-refractivity contribution is 5.27. The van der Waals surface area contributed by atoms with Crippen LogP contribution in [0.5, 0.6) is 0 Å². The molecule has 0 bridgehead atoms. The van der Waals surface area contributed by atoms with Crippen molar-refractivity contribution in [2.24, 2.45) is 0 Å². The molecule has 1 unspecified atom stereocenters. The lowest BCUT2D eigenvalue weighted by Gasteiger charge is -2.20. The number of ether oxygens (including phenoxy) is 1. The second kappa shape index (κ2) is 5.82. The number of rotatable bonds is 5. The molecule has 0 amide bonds. The molecule has 92 valence electrons. The molecule has 0 aromatic carbocycles. The molecule has 1 N–H and O–H groups in total. The Morgan fingerprint density at radius 1 is 1.47 bits per heavy atom. The first-order valence-corrected chi connectivity index (χ1v) is 6.29. The molecule has 0 radical (unpaired) electrons. The Morgan fingerprint density at radius 2 is 2.35 bits per heavy atom. The molecule has 0 aliphatic carbocycles. The van der Waals surface area contributed by atoms with Crippen molar-refractivity contribution in [3.63, 3.8) is 0 Å². The summed E-state index contributed by atoms with van der Waals surface area (Å²) in [5.74, 6) is 1.05. The predicted octanol–water partition coefficient (Wildman–Crippen LogP) is 2.73. The number of aryl methyl sites for hydroxylation is 1. The fourth-order valence-corrected chi connectivity index (χ4v) is 2.05. The van der Waals surface area contributed by atoms with Crippen LogP contribution in [0.4, 0.5) is 0 Å². The summed E-state index contributed by atoms with van der Waals surface area (Å²) in [7, 11) is 0. The van der Waals surface area contributed by atoms with Crippen LogP contribution in [-0.2, 0) is 4.74 Å². The van der Waals surface area contributed by atoms with Crippen LogP contribution in [0.25, 0.3) is 0 Å². The molecule has 3 nitrogen and oxygen atoms in total. The van der Waals surface area contributed by atoms with Crippen molar-refractivity contribution < 1.29 is 4.74 Å². The number of nitrogens with one attached hydrogen (secondary N) is 1. The third kappa shape index (κ3) is 3.07. The van der Waals surface area contributed by atoms with Gasteiger partial charge in [0.25, 0.3) is 0 Å². The van der Waals surface area contributed by atoms with Crippen molar-refractivity contribution in [2.45, 2.75) is 32.7 Å². The van der Waals surface area contributed by atoms with Gasteiger partial charge in [-0.1, -0.05) is 13.0 Å². The zero-order valence-electron chi connectivity index (χ0n) is 10.6. The highest BCUT2D eigenvalue weighted by Gasteiger charge is 2.20. The third-order valence-electron chi connectivity index (χ3n) is 2.84. The van der Waals surface area contributed by atoms with Gasteiger partial charge in [0.2, 0.25) is 0 Å². The normalized spacial score (nSPS) is 16.5. The summed E-state index contributed by atoms with van der Waals surface area (Å²) in [5.41, 5.74) is 2.37. The van der Waals surface area contributed by atoms with Gasteiger partial charge in [-0.15, -0.1) is 0 Å². The van der Waals surface area contributed by atoms with Gasteiger partial charge < -0.3 is 10.1 Å². The van der Waals surface area contributed by atoms with Crippen LogP contribution in [0.3, 0.4) is 0 Å². The summed E-state index contributed by atoms with van der Waals surface area (Å²) in [6.45, 7) is 6.03. The maximum absolute atomic E-state index is 5.68. The topological polar surface area (TPSA) is 34.1 Å². The zero-order chi connectivity index (χ0) is 12.1. The first kappa shape index (κ1) is 12.1. The number of hydrogen-bond acceptors (Lipinski definition) is 3. The molecule has 1 aromatic heterocycles. The minimum atomic E-state index is 0.157. The quantitative estimate of drug-likeness (QED) is 0.847. The van der Waals surface area contributed by atoms with E-state index in [4.69, 9.17) is 4.74 Å². The fraction of sp³-hybridized carbons (Fsp3) is 0.500. The molecule has 0 fully saturated rings. The van der Waals surface area contributed by atoms with E-state index in [1.807, 2.05) is 12.4 Å². The molecular weight excluding hydrogens is 212 g/mol. The lowest BCUT2D eigenvalue weighted by atomic mass is 10.1. The summed E-state index contributed by atoms with van der Waals surface area (Å²) in [4.78, 5) is 4.26. The molecule has 2 rings (SSSR count). The van der Waals surface area contributed by atoms with Crippen LogP contribution in [0, 0.1) is 6.92 Å². The summed E-state index contributed by atoms with van der Waals surface area (Å²) in [5, 5.41) is 3.52. The van der Waals surface area contributed by atoms with Gasteiger partial charge in [0.15, 0.2) is 0 Å². The molecule has 1 aliphatic heterocycles. The van der Waals surface area contributed by atoms with Crippen molar-refractivity contribution in [1.29, 1.82) is 0 Å². The van der Waals surface area contributed by atoms with Gasteiger partial charge in [-0.2, -0.15) is 0 Å². The summed E-state index contributed by atoms with van der Waals surface area (Å²) in [6, 6.07) is 2.33. The van der Waals surface area contributed by atoms with E-state index in [1.165, 1.54) is 11.1 Å². The van der Waals surface area contributed by atoms with E-state index < -0.39 is 0 Å². The maximum Gasteiger partial charge on any atom is 0.114 e. The third-order valence-corrected chi connectivity index (χ3v) is 2.84. The molecular formula is C14H20N2O. The van der Waals surface area contributed by atoms with E-state index in [9.17, 15) is 0 Å². The summed E-state index contributed by atoms with van der Waals surface area (Å²) >= 11 is 0. The second-order valence-corrected chi connectivity index (χ2v) is 4.43. The number of pyridine rings is 1. The lowest BCUT2D eigenvalue weighted by molar-refractivity contribution is 0.215. The molecule has 0 saturated heterocycles. The SMILES string of the molecule is CCCNC(C1=CCCO1)c1cncc(C)c1. The predicted molar refractivity (Wildman–Crippen MR) is 68.7 cm³/mol. The summed E-state index contributed by atoms with van der Waals surface area (Å²) < 4.78 is 5.68. The van der Waals surface area contributed by atoms with Crippen LogP contribution in [-0.4, -0.2) is 18.1 Å². The van der Waals surface area contributed by atoms with Crippen molar-refractivity contribution >= 4 is 0 Å². The Hall–Kier alpha value is -1.35. The highest BCUT2D eigenvalue weighted by Crippen LogP contribution is 2.26. The standard InChI is InChI=1S/C14H20N2O/c1-3-6-16-14(13-5-4-7-17-13)12-8-11(2)9-15-10-12/h5,8-10,14,16H,3-4,6-7H2,1-2H3. The van der Waals surface area contributed by atoms with Crippen LogP contribution < -0.4 is 5.32 Å². The fourth-order valence-electron chi connectivity index (χ4n) is 2.05. The monoisotopic (exact) mass is 232 g/mol. The molecule has 1 aromatic rings. The molecule has 17 heavy (non-hydrogen) atoms. The van der Waals surface area contributed by atoms with Gasteiger partial charge in [-0.3, -0.25) is 4.98 Å². The Kier molecular flexibility index (Phi) is 4.15. The van der Waals surface area contributed by atoms with E-state index in [1.54, 1.807) is 0 Å². The number of hydrogen-bond donors (Lipinski definition) is 1. The molecule has 3 heteroatoms. The van der Waals surface area contributed by atoms with E-state index in [0.29, 0.717) is 0 Å². The van der Waals surface area contributed by atoms with Crippen LogP contribution in [0.15, 0.2) is 30.3 Å². The average molecular weight is 232 g/mol. The van der Waals surface area contributed by atoms with Gasteiger partial charge in [0.05, 0.1) is 12.6 Å². The Labute approximate surface area is 103 Å². The minimum absolute atomic E-state index is 0.157. The average Bonchev–Trinajstić information content (AvgIpc) is 2.83. The molecule has 1 aliphatic rings. The van der Waals surface area contributed by atoms with E-state index in [-0.39, 0.29) is 6.04 Å². The highest BCUT2D eigenvalue weighted by atomic mass is 16.5. The van der Waals surface area contributed by atoms with Gasteiger partial charge in [0, 0.05) is 18.8 Å². The largest absolute Gasteiger partial charge is 0.496 e. The van der Waals surface area contributed by atoms with Crippen LogP contribution >= 0.6 is 0 Å². The van der Waals surface area contributed by atoms with Crippen LogP contribution in [0.2, 0.25) is 0 Å². The Balaban J connectivity index is 2.19. The van der Waals surface area contributed by atoms with E-state index in [2.05, 4.69) is 36.3 Å². The van der Waals surface area contributed by atoms with Gasteiger partial charge in [-0.25, -0.2) is 0 Å². The lowest BCUT2D eigenvalue weighted by Crippen LogP contribution is -2.24. The smallest absolute Gasteiger partial charge is 0.114 e. The molecule has 2 heterocycles. The van der Waals surface area contributed by atoms with Gasteiger partial charge in [0.1, 0.15) is 5.76 Å². The number of nitrogens with zero attached hydrogens (tertiary/aromatic N) is 1. The number of aromatic nitrogens is 1. The van der Waals surface area contributed by atoms with Crippen molar-refractivity contribution in [3.8, 4) is 0 Å². The molecule has 0 spiro atoms. The Bertz CT molecular complexity index is 401. The van der Waals surface area contributed by atoms with Gasteiger partial charge in [-0.05, 0) is 37.1 Å². The minimum Gasteiger partial charge on any atom is -0.496 e. The first-order chi connectivity index (χ1) is 8.31. The van der Waals surface area contributed by atoms with E-state index >= 15 is 0 Å². The molecule has 1 atom stereocenters. The van der Waals surface area contributed by atoms with Crippen molar-refractivity contribution in [3.05, 3.63) is 41.4 Å². The van der Waals surface area contributed by atoms with Crippen LogP contribution in [0.1, 0.15) is 36.9 Å². The van der Waals surface area contributed by atoms with Crippen molar-refractivity contribution in [2.75, 3.05) is 13.2 Å². The maximum atomic E-state index is 5.68. The van der Waals surface area contributed by atoms with Crippen molar-refractivity contribution in [1.82, 2.24) is 10.3 Å². The first-order valence-electron chi connectivity index (χ1n) is 6.29. The Morgan fingerprint density at radius 3 is 3.00 bits per heavy atom.